The molecule has 0 aromatic heterocycles. The smallest absolute Gasteiger partial charge is 0.344 e. The zero-order chi connectivity index (χ0) is 19.6. The third kappa shape index (κ3) is 3.29. The minimum absolute atomic E-state index is 0.257. The number of hydrazine groups is 1. The molecule has 0 unspecified atom stereocenters. The monoisotopic (exact) mass is 369 g/mol. The van der Waals surface area contributed by atoms with E-state index in [2.05, 4.69) is 10.7 Å². The fraction of sp³-hybridized carbons (Fsp3) is 0.211. The van der Waals surface area contributed by atoms with Crippen molar-refractivity contribution in [3.8, 4) is 11.5 Å². The highest BCUT2D eigenvalue weighted by Crippen LogP contribution is 2.29. The first-order valence-electron chi connectivity index (χ1n) is 8.15. The summed E-state index contributed by atoms with van der Waals surface area (Å²) in [5, 5.41) is 3.31. The van der Waals surface area contributed by atoms with Gasteiger partial charge in [0.05, 0.1) is 14.2 Å². The molecule has 0 aliphatic carbocycles. The number of nitrogens with zero attached hydrogens (tertiary/aromatic N) is 1. The number of hydrogen-bond acceptors (Lipinski definition) is 5. The highest BCUT2D eigenvalue weighted by Gasteiger charge is 2.50. The molecule has 2 aromatic carbocycles. The number of ether oxygens (including phenoxy) is 2. The summed E-state index contributed by atoms with van der Waals surface area (Å²) in [5.74, 6) is -0.0736. The molecule has 8 nitrogen and oxygen atoms in total. The van der Waals surface area contributed by atoms with E-state index in [0.717, 1.165) is 0 Å². The summed E-state index contributed by atoms with van der Waals surface area (Å²) in [5.41, 5.74) is 1.87. The summed E-state index contributed by atoms with van der Waals surface area (Å²) in [6.07, 6.45) is 0. The Labute approximate surface area is 156 Å². The predicted molar refractivity (Wildman–Crippen MR) is 96.2 cm³/mol. The second-order valence-corrected chi connectivity index (χ2v) is 6.10. The van der Waals surface area contributed by atoms with E-state index >= 15 is 0 Å². The molecule has 1 saturated heterocycles. The van der Waals surface area contributed by atoms with Gasteiger partial charge in [0.1, 0.15) is 17.0 Å². The topological polar surface area (TPSA) is 97.0 Å². The Morgan fingerprint density at radius 3 is 2.33 bits per heavy atom. The Balaban J connectivity index is 1.81. The SMILES string of the molecule is COc1ccc([C@]2(C)NC(=O)N(NC(=O)c3cccc(OC)c3)C2=O)cc1. The Hall–Kier alpha value is -3.55. The molecule has 1 atom stereocenters. The van der Waals surface area contributed by atoms with Crippen LogP contribution in [0.25, 0.3) is 0 Å². The van der Waals surface area contributed by atoms with Crippen molar-refractivity contribution in [2.45, 2.75) is 12.5 Å². The minimum atomic E-state index is -1.30. The lowest BCUT2D eigenvalue weighted by molar-refractivity contribution is -0.132. The normalized spacial score (nSPS) is 18.9. The van der Waals surface area contributed by atoms with Crippen molar-refractivity contribution in [2.24, 2.45) is 0 Å². The van der Waals surface area contributed by atoms with Crippen molar-refractivity contribution in [3.05, 3.63) is 59.7 Å². The number of carbonyl (C=O) groups is 3. The summed E-state index contributed by atoms with van der Waals surface area (Å²) in [7, 11) is 3.02. The predicted octanol–water partition coefficient (Wildman–Crippen LogP) is 1.82. The number of methoxy groups -OCH3 is 2. The number of urea groups is 1. The number of nitrogens with one attached hydrogen (secondary N) is 2. The van der Waals surface area contributed by atoms with Crippen LogP contribution in [0.4, 0.5) is 4.79 Å². The second-order valence-electron chi connectivity index (χ2n) is 6.10. The Kier molecular flexibility index (Phi) is 4.72. The fourth-order valence-electron chi connectivity index (χ4n) is 2.79. The first kappa shape index (κ1) is 18.2. The largest absolute Gasteiger partial charge is 0.497 e. The molecule has 140 valence electrons. The molecular weight excluding hydrogens is 350 g/mol. The summed E-state index contributed by atoms with van der Waals surface area (Å²) in [6, 6.07) is 12.4. The molecule has 3 rings (SSSR count). The van der Waals surface area contributed by atoms with Gasteiger partial charge < -0.3 is 14.8 Å². The summed E-state index contributed by atoms with van der Waals surface area (Å²) in [4.78, 5) is 37.6. The van der Waals surface area contributed by atoms with Crippen molar-refractivity contribution < 1.29 is 23.9 Å². The lowest BCUT2D eigenvalue weighted by atomic mass is 9.92. The van der Waals surface area contributed by atoms with Gasteiger partial charge in [-0.2, -0.15) is 5.01 Å². The first-order valence-corrected chi connectivity index (χ1v) is 8.15. The molecule has 1 aliphatic heterocycles. The van der Waals surface area contributed by atoms with E-state index in [9.17, 15) is 14.4 Å². The van der Waals surface area contributed by atoms with Gasteiger partial charge in [-0.1, -0.05) is 18.2 Å². The van der Waals surface area contributed by atoms with Crippen LogP contribution in [-0.2, 0) is 10.3 Å². The van der Waals surface area contributed by atoms with Gasteiger partial charge >= 0.3 is 6.03 Å². The summed E-state index contributed by atoms with van der Waals surface area (Å²) in [6.45, 7) is 1.58. The maximum atomic E-state index is 12.9. The van der Waals surface area contributed by atoms with E-state index in [-0.39, 0.29) is 5.56 Å². The van der Waals surface area contributed by atoms with Crippen LogP contribution in [0.5, 0.6) is 11.5 Å². The van der Waals surface area contributed by atoms with Gasteiger partial charge in [-0.3, -0.25) is 15.0 Å². The van der Waals surface area contributed by atoms with E-state index in [1.807, 2.05) is 0 Å². The standard InChI is InChI=1S/C19H19N3O5/c1-19(13-7-9-14(26-2)10-8-13)17(24)22(18(25)20-19)21-16(23)12-5-4-6-15(11-12)27-3/h4-11H,1-3H3,(H,20,25)(H,21,23)/t19-/m0/s1. The van der Waals surface area contributed by atoms with Gasteiger partial charge in [-0.15, -0.1) is 0 Å². The lowest BCUT2D eigenvalue weighted by Crippen LogP contribution is -2.47. The Morgan fingerprint density at radius 2 is 1.70 bits per heavy atom. The molecule has 2 N–H and O–H groups in total. The lowest BCUT2D eigenvalue weighted by Gasteiger charge is -2.22. The van der Waals surface area contributed by atoms with E-state index in [1.54, 1.807) is 49.4 Å². The fourth-order valence-corrected chi connectivity index (χ4v) is 2.79. The van der Waals surface area contributed by atoms with Gasteiger partial charge in [0.15, 0.2) is 0 Å². The summed E-state index contributed by atoms with van der Waals surface area (Å²) < 4.78 is 10.2. The first-order chi connectivity index (χ1) is 12.9. The van der Waals surface area contributed by atoms with Crippen LogP contribution >= 0.6 is 0 Å². The minimum Gasteiger partial charge on any atom is -0.497 e. The molecule has 8 heteroatoms. The van der Waals surface area contributed by atoms with E-state index in [0.29, 0.717) is 22.1 Å². The van der Waals surface area contributed by atoms with Crippen molar-refractivity contribution in [3.63, 3.8) is 0 Å². The second kappa shape index (κ2) is 6.99. The average molecular weight is 369 g/mol. The molecule has 2 aromatic rings. The van der Waals surface area contributed by atoms with Crippen LogP contribution < -0.4 is 20.2 Å². The van der Waals surface area contributed by atoms with Gasteiger partial charge in [-0.05, 0) is 42.8 Å². The number of benzene rings is 2. The molecular formula is C19H19N3O5. The maximum absolute atomic E-state index is 12.9. The van der Waals surface area contributed by atoms with Gasteiger partial charge in [0.25, 0.3) is 11.8 Å². The molecule has 27 heavy (non-hydrogen) atoms. The van der Waals surface area contributed by atoms with Crippen LogP contribution in [0.15, 0.2) is 48.5 Å². The van der Waals surface area contributed by atoms with Crippen LogP contribution in [0.1, 0.15) is 22.8 Å². The zero-order valence-electron chi connectivity index (χ0n) is 15.1. The molecule has 0 saturated carbocycles. The van der Waals surface area contributed by atoms with E-state index in [4.69, 9.17) is 9.47 Å². The number of rotatable bonds is 5. The van der Waals surface area contributed by atoms with E-state index < -0.39 is 23.4 Å². The highest BCUT2D eigenvalue weighted by atomic mass is 16.5. The highest BCUT2D eigenvalue weighted by molar-refractivity contribution is 6.09. The average Bonchev–Trinajstić information content (AvgIpc) is 2.92. The van der Waals surface area contributed by atoms with Crippen LogP contribution in [0.2, 0.25) is 0 Å². The van der Waals surface area contributed by atoms with Crippen LogP contribution in [0.3, 0.4) is 0 Å². The number of imide groups is 1. The molecule has 1 heterocycles. The molecule has 0 bridgehead atoms. The number of hydrogen-bond donors (Lipinski definition) is 2. The zero-order valence-corrected chi connectivity index (χ0v) is 15.1. The van der Waals surface area contributed by atoms with Crippen molar-refractivity contribution in [1.29, 1.82) is 0 Å². The molecule has 0 radical (unpaired) electrons. The number of amides is 4. The Morgan fingerprint density at radius 1 is 1.04 bits per heavy atom. The summed E-state index contributed by atoms with van der Waals surface area (Å²) >= 11 is 0. The van der Waals surface area contributed by atoms with Crippen LogP contribution in [-0.4, -0.2) is 37.1 Å². The maximum Gasteiger partial charge on any atom is 0.344 e. The van der Waals surface area contributed by atoms with Gasteiger partial charge in [-0.25, -0.2) is 4.79 Å². The molecule has 0 spiro atoms. The third-order valence-corrected chi connectivity index (χ3v) is 4.40. The molecule has 4 amide bonds. The quantitative estimate of drug-likeness (QED) is 0.784. The van der Waals surface area contributed by atoms with Crippen molar-refractivity contribution in [1.82, 2.24) is 15.8 Å². The third-order valence-electron chi connectivity index (χ3n) is 4.40. The van der Waals surface area contributed by atoms with Gasteiger partial charge in [0.2, 0.25) is 0 Å². The number of carbonyl (C=O) groups excluding carboxylic acids is 3. The van der Waals surface area contributed by atoms with Crippen molar-refractivity contribution >= 4 is 17.8 Å². The molecule has 1 fully saturated rings. The van der Waals surface area contributed by atoms with Crippen LogP contribution in [0, 0.1) is 0 Å². The van der Waals surface area contributed by atoms with Gasteiger partial charge in [0, 0.05) is 5.56 Å². The van der Waals surface area contributed by atoms with E-state index in [1.165, 1.54) is 20.3 Å². The van der Waals surface area contributed by atoms with Crippen molar-refractivity contribution in [2.75, 3.05) is 14.2 Å². The Bertz CT molecular complexity index is 896. The molecule has 1 aliphatic rings.